The first kappa shape index (κ1) is 19.0. The van der Waals surface area contributed by atoms with Crippen LogP contribution in [0.2, 0.25) is 0 Å². The SMILES string of the molecule is Cc1c(Cc2ccccc2)nc(C(C)(C)C)c(-c2nn[nH]n2)c1-c1ccccc1. The van der Waals surface area contributed by atoms with Crippen LogP contribution in [0.1, 0.15) is 43.3 Å². The Labute approximate surface area is 171 Å². The highest BCUT2D eigenvalue weighted by Crippen LogP contribution is 2.40. The van der Waals surface area contributed by atoms with E-state index in [4.69, 9.17) is 4.98 Å². The fraction of sp³-hybridized carbons (Fsp3) is 0.250. The predicted molar refractivity (Wildman–Crippen MR) is 116 cm³/mol. The summed E-state index contributed by atoms with van der Waals surface area (Å²) in [4.78, 5) is 5.16. The number of aromatic nitrogens is 5. The van der Waals surface area contributed by atoms with Crippen molar-refractivity contribution in [2.75, 3.05) is 0 Å². The second kappa shape index (κ2) is 7.59. The van der Waals surface area contributed by atoms with Gasteiger partial charge in [-0.05, 0) is 34.4 Å². The van der Waals surface area contributed by atoms with E-state index in [1.807, 2.05) is 12.1 Å². The van der Waals surface area contributed by atoms with Gasteiger partial charge in [0.15, 0.2) is 0 Å². The lowest BCUT2D eigenvalue weighted by Crippen LogP contribution is -2.19. The average molecular weight is 383 g/mol. The van der Waals surface area contributed by atoms with Crippen LogP contribution in [-0.2, 0) is 11.8 Å². The number of hydrogen-bond acceptors (Lipinski definition) is 4. The fourth-order valence-corrected chi connectivity index (χ4v) is 3.68. The minimum absolute atomic E-state index is 0.182. The summed E-state index contributed by atoms with van der Waals surface area (Å²) >= 11 is 0. The summed E-state index contributed by atoms with van der Waals surface area (Å²) in [6.07, 6.45) is 0.780. The third kappa shape index (κ3) is 3.81. The van der Waals surface area contributed by atoms with Crippen LogP contribution in [-0.4, -0.2) is 25.6 Å². The van der Waals surface area contributed by atoms with Gasteiger partial charge in [-0.2, -0.15) is 5.21 Å². The van der Waals surface area contributed by atoms with E-state index < -0.39 is 0 Å². The Bertz CT molecular complexity index is 1100. The van der Waals surface area contributed by atoms with Gasteiger partial charge in [-0.25, -0.2) is 0 Å². The quantitative estimate of drug-likeness (QED) is 0.531. The standard InChI is InChI=1S/C24H25N5/c1-16-19(15-17-11-7-5-8-12-17)25-22(24(2,3)4)21(23-26-28-29-27-23)20(16)18-13-9-6-10-14-18/h5-14H,15H2,1-4H3,(H,26,27,28,29). The molecule has 0 aliphatic rings. The van der Waals surface area contributed by atoms with Gasteiger partial charge < -0.3 is 0 Å². The van der Waals surface area contributed by atoms with E-state index in [1.165, 1.54) is 5.56 Å². The summed E-state index contributed by atoms with van der Waals surface area (Å²) < 4.78 is 0. The van der Waals surface area contributed by atoms with Crippen LogP contribution in [0.3, 0.4) is 0 Å². The second-order valence-corrected chi connectivity index (χ2v) is 8.30. The number of H-pyrrole nitrogens is 1. The van der Waals surface area contributed by atoms with Crippen molar-refractivity contribution < 1.29 is 0 Å². The van der Waals surface area contributed by atoms with Gasteiger partial charge in [0.25, 0.3) is 0 Å². The summed E-state index contributed by atoms with van der Waals surface area (Å²) in [5, 5.41) is 15.0. The topological polar surface area (TPSA) is 67.3 Å². The monoisotopic (exact) mass is 383 g/mol. The van der Waals surface area contributed by atoms with E-state index in [9.17, 15) is 0 Å². The van der Waals surface area contributed by atoms with E-state index in [0.717, 1.165) is 40.1 Å². The zero-order chi connectivity index (χ0) is 20.4. The first-order chi connectivity index (χ1) is 13.9. The Morgan fingerprint density at radius 1 is 0.862 bits per heavy atom. The van der Waals surface area contributed by atoms with Crippen molar-refractivity contribution in [1.29, 1.82) is 0 Å². The zero-order valence-electron chi connectivity index (χ0n) is 17.3. The van der Waals surface area contributed by atoms with Crippen molar-refractivity contribution in [3.8, 4) is 22.5 Å². The molecule has 0 saturated heterocycles. The molecule has 0 fully saturated rings. The molecule has 0 amide bonds. The second-order valence-electron chi connectivity index (χ2n) is 8.30. The van der Waals surface area contributed by atoms with Crippen molar-refractivity contribution in [3.63, 3.8) is 0 Å². The lowest BCUT2D eigenvalue weighted by Gasteiger charge is -2.26. The average Bonchev–Trinajstić information content (AvgIpc) is 3.24. The lowest BCUT2D eigenvalue weighted by atomic mass is 9.82. The highest BCUT2D eigenvalue weighted by molar-refractivity contribution is 5.85. The Morgan fingerprint density at radius 2 is 1.52 bits per heavy atom. The molecule has 0 aliphatic carbocycles. The van der Waals surface area contributed by atoms with Crippen LogP contribution >= 0.6 is 0 Å². The first-order valence-corrected chi connectivity index (χ1v) is 9.82. The summed E-state index contributed by atoms with van der Waals surface area (Å²) in [6.45, 7) is 8.67. The van der Waals surface area contributed by atoms with Gasteiger partial charge in [-0.1, -0.05) is 81.4 Å². The Kier molecular flexibility index (Phi) is 4.97. The van der Waals surface area contributed by atoms with Crippen molar-refractivity contribution in [2.45, 2.75) is 39.5 Å². The van der Waals surface area contributed by atoms with Gasteiger partial charge in [0.1, 0.15) is 0 Å². The van der Waals surface area contributed by atoms with Gasteiger partial charge >= 0.3 is 0 Å². The van der Waals surface area contributed by atoms with Crippen LogP contribution in [0.5, 0.6) is 0 Å². The molecule has 0 atom stereocenters. The van der Waals surface area contributed by atoms with Gasteiger partial charge in [0.05, 0.1) is 11.3 Å². The summed E-state index contributed by atoms with van der Waals surface area (Å²) in [7, 11) is 0. The molecule has 5 heteroatoms. The van der Waals surface area contributed by atoms with Crippen LogP contribution in [0.4, 0.5) is 0 Å². The van der Waals surface area contributed by atoms with E-state index in [-0.39, 0.29) is 5.41 Å². The molecule has 4 aromatic rings. The number of tetrazole rings is 1. The molecule has 0 unspecified atom stereocenters. The van der Waals surface area contributed by atoms with Crippen molar-refractivity contribution >= 4 is 0 Å². The third-order valence-electron chi connectivity index (χ3n) is 5.10. The zero-order valence-corrected chi connectivity index (χ0v) is 17.3. The van der Waals surface area contributed by atoms with Gasteiger partial charge in [-0.3, -0.25) is 4.98 Å². The van der Waals surface area contributed by atoms with Crippen molar-refractivity contribution in [1.82, 2.24) is 25.6 Å². The van der Waals surface area contributed by atoms with Crippen LogP contribution < -0.4 is 0 Å². The van der Waals surface area contributed by atoms with E-state index >= 15 is 0 Å². The van der Waals surface area contributed by atoms with Crippen LogP contribution in [0.25, 0.3) is 22.5 Å². The normalized spacial score (nSPS) is 11.6. The molecule has 0 radical (unpaired) electrons. The van der Waals surface area contributed by atoms with Gasteiger partial charge in [0.2, 0.25) is 5.82 Å². The van der Waals surface area contributed by atoms with Gasteiger partial charge in [0, 0.05) is 17.5 Å². The molecule has 1 N–H and O–H groups in total. The summed E-state index contributed by atoms with van der Waals surface area (Å²) in [6, 6.07) is 20.9. The molecule has 4 rings (SSSR count). The number of hydrogen-bond donors (Lipinski definition) is 1. The lowest BCUT2D eigenvalue weighted by molar-refractivity contribution is 0.567. The number of pyridine rings is 1. The molecule has 29 heavy (non-hydrogen) atoms. The highest BCUT2D eigenvalue weighted by atomic mass is 15.5. The molecule has 2 aromatic heterocycles. The molecular weight excluding hydrogens is 358 g/mol. The maximum absolute atomic E-state index is 5.16. The summed E-state index contributed by atoms with van der Waals surface area (Å²) in [5.41, 5.74) is 7.47. The minimum atomic E-state index is -0.182. The van der Waals surface area contributed by atoms with Gasteiger partial charge in [-0.15, -0.1) is 10.2 Å². The van der Waals surface area contributed by atoms with E-state index in [2.05, 4.69) is 96.9 Å². The highest BCUT2D eigenvalue weighted by Gasteiger charge is 2.29. The molecule has 0 aliphatic heterocycles. The molecular formula is C24H25N5. The molecule has 0 spiro atoms. The molecule has 0 saturated carbocycles. The van der Waals surface area contributed by atoms with Crippen LogP contribution in [0, 0.1) is 6.92 Å². The van der Waals surface area contributed by atoms with Crippen LogP contribution in [0.15, 0.2) is 60.7 Å². The van der Waals surface area contributed by atoms with E-state index in [0.29, 0.717) is 5.82 Å². The summed E-state index contributed by atoms with van der Waals surface area (Å²) in [5.74, 6) is 0.579. The third-order valence-corrected chi connectivity index (χ3v) is 5.10. The number of rotatable bonds is 4. The van der Waals surface area contributed by atoms with E-state index in [1.54, 1.807) is 0 Å². The Balaban J connectivity index is 2.03. The molecule has 2 aromatic carbocycles. The molecule has 2 heterocycles. The Morgan fingerprint density at radius 3 is 2.10 bits per heavy atom. The number of aromatic amines is 1. The van der Waals surface area contributed by atoms with Crippen molar-refractivity contribution in [2.24, 2.45) is 0 Å². The maximum Gasteiger partial charge on any atom is 0.207 e. The fourth-order valence-electron chi connectivity index (χ4n) is 3.68. The Hall–Kier alpha value is -3.34. The number of nitrogens with one attached hydrogen (secondary N) is 1. The predicted octanol–water partition coefficient (Wildman–Crippen LogP) is 5.13. The smallest absolute Gasteiger partial charge is 0.207 e. The molecule has 146 valence electrons. The number of benzene rings is 2. The molecule has 0 bridgehead atoms. The maximum atomic E-state index is 5.16. The minimum Gasteiger partial charge on any atom is -0.256 e. The van der Waals surface area contributed by atoms with Crippen molar-refractivity contribution in [3.05, 3.63) is 83.2 Å². The molecule has 5 nitrogen and oxygen atoms in total. The largest absolute Gasteiger partial charge is 0.256 e. The first-order valence-electron chi connectivity index (χ1n) is 9.82. The number of nitrogens with zero attached hydrogens (tertiary/aromatic N) is 4.